The lowest BCUT2D eigenvalue weighted by molar-refractivity contribution is -0.137. The molecule has 21 heavy (non-hydrogen) atoms. The quantitative estimate of drug-likeness (QED) is 0.850. The molecular weight excluding hydrogens is 294 g/mol. The number of hydrogen-bond donors (Lipinski definition) is 2. The van der Waals surface area contributed by atoms with Crippen molar-refractivity contribution < 1.29 is 14.6 Å². The first kappa shape index (κ1) is 14.0. The van der Waals surface area contributed by atoms with Crippen LogP contribution in [0, 0.1) is 0 Å². The van der Waals surface area contributed by atoms with E-state index in [0.717, 1.165) is 11.6 Å². The summed E-state index contributed by atoms with van der Waals surface area (Å²) in [6, 6.07) is 0. The smallest absolute Gasteiger partial charge is 0.325 e. The molecule has 0 aliphatic carbocycles. The number of aliphatic carboxylic acids is 1. The zero-order valence-electron chi connectivity index (χ0n) is 11.4. The molecule has 9 heteroatoms. The normalized spacial score (nSPS) is 18.0. The topological polar surface area (TPSA) is 102 Å². The molecule has 2 N–H and O–H groups in total. The van der Waals surface area contributed by atoms with E-state index in [4.69, 9.17) is 9.84 Å². The maximum Gasteiger partial charge on any atom is 0.325 e. The molecule has 3 rings (SSSR count). The van der Waals surface area contributed by atoms with E-state index in [1.54, 1.807) is 7.05 Å². The number of carboxylic acid groups (broad SMARTS) is 1. The van der Waals surface area contributed by atoms with E-state index in [2.05, 4.69) is 20.4 Å². The van der Waals surface area contributed by atoms with Gasteiger partial charge in [-0.3, -0.25) is 4.79 Å². The molecule has 0 amide bonds. The molecule has 3 heterocycles. The summed E-state index contributed by atoms with van der Waals surface area (Å²) in [7, 11) is 1.78. The second-order valence-electron chi connectivity index (χ2n) is 4.69. The predicted octanol–water partition coefficient (Wildman–Crippen LogP) is 1.03. The Bertz CT molecular complexity index is 647. The maximum absolute atomic E-state index is 11.0. The largest absolute Gasteiger partial charge is 0.480 e. The number of hydrogen-bond acceptors (Lipinski definition) is 7. The van der Waals surface area contributed by atoms with Gasteiger partial charge < -0.3 is 15.2 Å². The Hall–Kier alpha value is -2.00. The molecule has 1 aliphatic rings. The van der Waals surface area contributed by atoms with Crippen molar-refractivity contribution in [2.75, 3.05) is 25.6 Å². The first-order chi connectivity index (χ1) is 10.2. The predicted molar refractivity (Wildman–Crippen MR) is 76.5 cm³/mol. The van der Waals surface area contributed by atoms with Crippen LogP contribution in [0.3, 0.4) is 0 Å². The van der Waals surface area contributed by atoms with Gasteiger partial charge in [-0.15, -0.1) is 11.3 Å². The van der Waals surface area contributed by atoms with E-state index < -0.39 is 5.97 Å². The SMILES string of the molecule is CNc1nc(-c2nc([C@@H]3CCOC3)nn2CC(=O)O)cs1. The van der Waals surface area contributed by atoms with Crippen molar-refractivity contribution in [1.82, 2.24) is 19.7 Å². The molecule has 1 fully saturated rings. The Morgan fingerprint density at radius 2 is 2.48 bits per heavy atom. The summed E-state index contributed by atoms with van der Waals surface area (Å²) in [4.78, 5) is 19.9. The molecule has 2 aromatic heterocycles. The second-order valence-corrected chi connectivity index (χ2v) is 5.55. The molecule has 0 radical (unpaired) electrons. The molecular formula is C12H15N5O3S. The van der Waals surface area contributed by atoms with E-state index in [0.29, 0.717) is 30.6 Å². The summed E-state index contributed by atoms with van der Waals surface area (Å²) in [5.41, 5.74) is 0.628. The van der Waals surface area contributed by atoms with Gasteiger partial charge in [0.1, 0.15) is 12.2 Å². The Labute approximate surface area is 124 Å². The minimum absolute atomic E-state index is 0.126. The van der Waals surface area contributed by atoms with Crippen molar-refractivity contribution in [3.8, 4) is 11.5 Å². The van der Waals surface area contributed by atoms with Crippen molar-refractivity contribution in [3.63, 3.8) is 0 Å². The third-order valence-corrected chi connectivity index (χ3v) is 4.07. The molecule has 1 atom stereocenters. The summed E-state index contributed by atoms with van der Waals surface area (Å²) >= 11 is 1.44. The number of carboxylic acids is 1. The highest BCUT2D eigenvalue weighted by Crippen LogP contribution is 2.27. The van der Waals surface area contributed by atoms with Crippen LogP contribution in [0.5, 0.6) is 0 Å². The van der Waals surface area contributed by atoms with Crippen molar-refractivity contribution in [2.45, 2.75) is 18.9 Å². The van der Waals surface area contributed by atoms with Crippen LogP contribution in [0.1, 0.15) is 18.2 Å². The number of ether oxygens (including phenoxy) is 1. The van der Waals surface area contributed by atoms with Crippen LogP contribution in [0.15, 0.2) is 5.38 Å². The number of nitrogens with zero attached hydrogens (tertiary/aromatic N) is 4. The minimum atomic E-state index is -0.959. The van der Waals surface area contributed by atoms with Crippen molar-refractivity contribution in [3.05, 3.63) is 11.2 Å². The van der Waals surface area contributed by atoms with E-state index >= 15 is 0 Å². The van der Waals surface area contributed by atoms with Crippen LogP contribution in [-0.4, -0.2) is 51.1 Å². The molecule has 112 valence electrons. The molecule has 0 bridgehead atoms. The summed E-state index contributed by atoms with van der Waals surface area (Å²) < 4.78 is 6.73. The highest BCUT2D eigenvalue weighted by Gasteiger charge is 2.25. The monoisotopic (exact) mass is 309 g/mol. The Kier molecular flexibility index (Phi) is 3.84. The van der Waals surface area contributed by atoms with Gasteiger partial charge >= 0.3 is 5.97 Å². The van der Waals surface area contributed by atoms with E-state index in [1.165, 1.54) is 16.0 Å². The van der Waals surface area contributed by atoms with Crippen LogP contribution >= 0.6 is 11.3 Å². The van der Waals surface area contributed by atoms with Gasteiger partial charge in [0.05, 0.1) is 6.61 Å². The lowest BCUT2D eigenvalue weighted by Gasteiger charge is -2.00. The average molecular weight is 309 g/mol. The average Bonchev–Trinajstić information content (AvgIpc) is 3.17. The first-order valence-electron chi connectivity index (χ1n) is 6.55. The third-order valence-electron chi connectivity index (χ3n) is 3.22. The van der Waals surface area contributed by atoms with Gasteiger partial charge in [-0.1, -0.05) is 0 Å². The zero-order valence-corrected chi connectivity index (χ0v) is 12.3. The summed E-state index contributed by atoms with van der Waals surface area (Å²) in [6.07, 6.45) is 0.857. The fourth-order valence-electron chi connectivity index (χ4n) is 2.19. The number of rotatable bonds is 5. The van der Waals surface area contributed by atoms with Crippen LogP contribution in [0.25, 0.3) is 11.5 Å². The number of thiazole rings is 1. The molecule has 1 saturated heterocycles. The van der Waals surface area contributed by atoms with Gasteiger partial charge in [-0.05, 0) is 6.42 Å². The van der Waals surface area contributed by atoms with Crippen molar-refractivity contribution in [1.29, 1.82) is 0 Å². The summed E-state index contributed by atoms with van der Waals surface area (Å²) in [5.74, 6) is 0.278. The van der Waals surface area contributed by atoms with Gasteiger partial charge in [-0.2, -0.15) is 5.10 Å². The molecule has 0 saturated carbocycles. The standard InChI is InChI=1S/C12H15N5O3S/c1-13-12-14-8(6-21-12)11-15-10(7-2-3-20-5-7)16-17(11)4-9(18)19/h6-7H,2-5H2,1H3,(H,13,14)(H,18,19)/t7-/m1/s1. The summed E-state index contributed by atoms with van der Waals surface area (Å²) in [5, 5.41) is 18.9. The maximum atomic E-state index is 11.0. The van der Waals surface area contributed by atoms with Crippen molar-refractivity contribution >= 4 is 22.4 Å². The number of aromatic nitrogens is 4. The van der Waals surface area contributed by atoms with Gasteiger partial charge in [0.15, 0.2) is 16.8 Å². The number of nitrogens with one attached hydrogen (secondary N) is 1. The van der Waals surface area contributed by atoms with Crippen LogP contribution in [0.2, 0.25) is 0 Å². The second kappa shape index (κ2) is 5.78. The van der Waals surface area contributed by atoms with Gasteiger partial charge in [0, 0.05) is 25.0 Å². The number of anilines is 1. The fraction of sp³-hybridized carbons (Fsp3) is 0.500. The Morgan fingerprint density at radius 3 is 3.10 bits per heavy atom. The lowest BCUT2D eigenvalue weighted by Crippen LogP contribution is -2.12. The highest BCUT2D eigenvalue weighted by atomic mass is 32.1. The lowest BCUT2D eigenvalue weighted by atomic mass is 10.1. The van der Waals surface area contributed by atoms with Gasteiger partial charge in [0.2, 0.25) is 0 Å². The molecule has 2 aromatic rings. The Morgan fingerprint density at radius 1 is 1.62 bits per heavy atom. The highest BCUT2D eigenvalue weighted by molar-refractivity contribution is 7.14. The fourth-order valence-corrected chi connectivity index (χ4v) is 2.84. The molecule has 1 aliphatic heterocycles. The van der Waals surface area contributed by atoms with E-state index in [-0.39, 0.29) is 12.5 Å². The molecule has 0 unspecified atom stereocenters. The first-order valence-corrected chi connectivity index (χ1v) is 7.43. The molecule has 8 nitrogen and oxygen atoms in total. The Balaban J connectivity index is 1.97. The van der Waals surface area contributed by atoms with Crippen molar-refractivity contribution in [2.24, 2.45) is 0 Å². The number of carbonyl (C=O) groups is 1. The van der Waals surface area contributed by atoms with E-state index in [1.807, 2.05) is 5.38 Å². The molecule has 0 spiro atoms. The van der Waals surface area contributed by atoms with Crippen LogP contribution in [0.4, 0.5) is 5.13 Å². The zero-order chi connectivity index (χ0) is 14.8. The van der Waals surface area contributed by atoms with Gasteiger partial charge in [0.25, 0.3) is 0 Å². The minimum Gasteiger partial charge on any atom is -0.480 e. The third kappa shape index (κ3) is 2.88. The van der Waals surface area contributed by atoms with E-state index in [9.17, 15) is 4.79 Å². The van der Waals surface area contributed by atoms with Gasteiger partial charge in [-0.25, -0.2) is 14.6 Å². The molecule has 0 aromatic carbocycles. The van der Waals surface area contributed by atoms with Crippen LogP contribution < -0.4 is 5.32 Å². The summed E-state index contributed by atoms with van der Waals surface area (Å²) in [6.45, 7) is 1.03. The van der Waals surface area contributed by atoms with Crippen LogP contribution in [-0.2, 0) is 16.1 Å².